The molecule has 2 aromatic carbocycles. The van der Waals surface area contributed by atoms with Crippen molar-refractivity contribution in [3.05, 3.63) is 66.7 Å². The van der Waals surface area contributed by atoms with Gasteiger partial charge in [0.15, 0.2) is 0 Å². The van der Waals surface area contributed by atoms with Crippen molar-refractivity contribution < 1.29 is 9.59 Å². The number of carbonyl (C=O) groups excluding carboxylic acids is 2. The summed E-state index contributed by atoms with van der Waals surface area (Å²) in [6.45, 7) is 0. The number of azo groups is 1. The molecule has 21 heavy (non-hydrogen) atoms. The molecule has 0 aliphatic carbocycles. The van der Waals surface area contributed by atoms with Gasteiger partial charge in [-0.25, -0.2) is 4.90 Å². The first-order chi connectivity index (χ1) is 10.2. The fourth-order valence-electron chi connectivity index (χ4n) is 1.93. The summed E-state index contributed by atoms with van der Waals surface area (Å²) in [5, 5.41) is 8.20. The number of carbonyl (C=O) groups is 2. The summed E-state index contributed by atoms with van der Waals surface area (Å²) in [5.74, 6) is -0.669. The van der Waals surface area contributed by atoms with Crippen LogP contribution in [-0.4, -0.2) is 11.8 Å². The number of nitrogens with zero attached hydrogens (tertiary/aromatic N) is 3. The molecule has 0 spiro atoms. The van der Waals surface area contributed by atoms with Crippen LogP contribution in [-0.2, 0) is 9.59 Å². The Balaban J connectivity index is 1.77. The third kappa shape index (κ3) is 2.76. The number of rotatable bonds is 3. The second-order valence-electron chi connectivity index (χ2n) is 4.40. The van der Waals surface area contributed by atoms with Crippen molar-refractivity contribution in [2.75, 3.05) is 4.90 Å². The molecule has 0 bridgehead atoms. The monoisotopic (exact) mass is 277 g/mol. The van der Waals surface area contributed by atoms with E-state index < -0.39 is 0 Å². The van der Waals surface area contributed by atoms with E-state index in [0.29, 0.717) is 11.4 Å². The molecule has 3 rings (SSSR count). The molecule has 102 valence electrons. The fraction of sp³-hybridized carbons (Fsp3) is 0. The molecule has 0 radical (unpaired) electrons. The highest BCUT2D eigenvalue weighted by Crippen LogP contribution is 2.24. The third-order valence-corrected chi connectivity index (χ3v) is 2.95. The van der Waals surface area contributed by atoms with Crippen molar-refractivity contribution in [3.63, 3.8) is 0 Å². The number of hydrogen-bond donors (Lipinski definition) is 0. The number of benzene rings is 2. The summed E-state index contributed by atoms with van der Waals surface area (Å²) < 4.78 is 0. The van der Waals surface area contributed by atoms with Gasteiger partial charge in [0, 0.05) is 12.2 Å². The van der Waals surface area contributed by atoms with Gasteiger partial charge in [0.25, 0.3) is 11.8 Å². The molecular weight excluding hydrogens is 266 g/mol. The summed E-state index contributed by atoms with van der Waals surface area (Å²) in [6.07, 6.45) is 2.51. The average molecular weight is 277 g/mol. The van der Waals surface area contributed by atoms with Gasteiger partial charge in [-0.3, -0.25) is 9.59 Å². The number of hydrogen-bond acceptors (Lipinski definition) is 4. The van der Waals surface area contributed by atoms with E-state index in [1.54, 1.807) is 24.3 Å². The van der Waals surface area contributed by atoms with Gasteiger partial charge < -0.3 is 0 Å². The molecule has 1 aliphatic heterocycles. The van der Waals surface area contributed by atoms with Crippen LogP contribution >= 0.6 is 0 Å². The summed E-state index contributed by atoms with van der Waals surface area (Å²) in [4.78, 5) is 24.2. The first-order valence-electron chi connectivity index (χ1n) is 6.37. The Morgan fingerprint density at radius 3 is 1.76 bits per heavy atom. The van der Waals surface area contributed by atoms with Crippen LogP contribution in [0.15, 0.2) is 77.0 Å². The van der Waals surface area contributed by atoms with Crippen LogP contribution in [0, 0.1) is 0 Å². The topological polar surface area (TPSA) is 62.1 Å². The van der Waals surface area contributed by atoms with Gasteiger partial charge in [0.05, 0.1) is 17.1 Å². The van der Waals surface area contributed by atoms with Crippen molar-refractivity contribution in [2.45, 2.75) is 0 Å². The van der Waals surface area contributed by atoms with Gasteiger partial charge in [0.1, 0.15) is 0 Å². The first-order valence-corrected chi connectivity index (χ1v) is 6.37. The van der Waals surface area contributed by atoms with E-state index in [1.807, 2.05) is 30.3 Å². The van der Waals surface area contributed by atoms with Gasteiger partial charge in [-0.15, -0.1) is 0 Å². The largest absolute Gasteiger partial charge is 0.269 e. The number of amides is 2. The van der Waals surface area contributed by atoms with Crippen molar-refractivity contribution in [1.29, 1.82) is 0 Å². The normalized spacial score (nSPS) is 14.4. The van der Waals surface area contributed by atoms with Gasteiger partial charge in [0.2, 0.25) is 0 Å². The third-order valence-electron chi connectivity index (χ3n) is 2.95. The highest BCUT2D eigenvalue weighted by atomic mass is 16.2. The van der Waals surface area contributed by atoms with Crippen molar-refractivity contribution in [1.82, 2.24) is 0 Å². The zero-order chi connectivity index (χ0) is 14.7. The highest BCUT2D eigenvalue weighted by molar-refractivity contribution is 6.28. The maximum Gasteiger partial charge on any atom is 0.258 e. The second-order valence-corrected chi connectivity index (χ2v) is 4.40. The summed E-state index contributed by atoms with van der Waals surface area (Å²) in [6, 6.07) is 16.1. The van der Waals surface area contributed by atoms with Crippen LogP contribution in [0.2, 0.25) is 0 Å². The zero-order valence-corrected chi connectivity index (χ0v) is 11.0. The quantitative estimate of drug-likeness (QED) is 0.636. The molecule has 2 amide bonds. The van der Waals surface area contributed by atoms with E-state index in [4.69, 9.17) is 0 Å². The second kappa shape index (κ2) is 5.50. The van der Waals surface area contributed by atoms with Gasteiger partial charge in [-0.1, -0.05) is 18.2 Å². The van der Waals surface area contributed by atoms with E-state index in [0.717, 1.165) is 10.6 Å². The Kier molecular flexibility index (Phi) is 3.39. The van der Waals surface area contributed by atoms with Crippen LogP contribution < -0.4 is 4.90 Å². The van der Waals surface area contributed by atoms with Crippen LogP contribution in [0.4, 0.5) is 17.1 Å². The van der Waals surface area contributed by atoms with Crippen LogP contribution in [0.1, 0.15) is 0 Å². The minimum atomic E-state index is -0.335. The molecule has 0 fully saturated rings. The predicted molar refractivity (Wildman–Crippen MR) is 78.7 cm³/mol. The molecule has 5 nitrogen and oxygen atoms in total. The molecular formula is C16H11N3O2. The average Bonchev–Trinajstić information content (AvgIpc) is 2.86. The Bertz CT molecular complexity index is 716. The summed E-state index contributed by atoms with van der Waals surface area (Å²) in [5.41, 5.74) is 1.93. The van der Waals surface area contributed by atoms with E-state index in [2.05, 4.69) is 10.2 Å². The lowest BCUT2D eigenvalue weighted by Crippen LogP contribution is -2.29. The van der Waals surface area contributed by atoms with E-state index in [-0.39, 0.29) is 11.8 Å². The Morgan fingerprint density at radius 2 is 1.19 bits per heavy atom. The van der Waals surface area contributed by atoms with Gasteiger partial charge in [-0.2, -0.15) is 10.2 Å². The molecule has 0 saturated heterocycles. The van der Waals surface area contributed by atoms with E-state index >= 15 is 0 Å². The molecule has 0 N–H and O–H groups in total. The lowest BCUT2D eigenvalue weighted by atomic mass is 10.2. The Morgan fingerprint density at radius 1 is 0.667 bits per heavy atom. The van der Waals surface area contributed by atoms with Gasteiger partial charge in [-0.05, 0) is 36.4 Å². The summed E-state index contributed by atoms with van der Waals surface area (Å²) >= 11 is 0. The van der Waals surface area contributed by atoms with Crippen LogP contribution in [0.5, 0.6) is 0 Å². The molecule has 2 aromatic rings. The molecule has 1 aliphatic rings. The smallest absolute Gasteiger partial charge is 0.258 e. The maximum atomic E-state index is 11.6. The summed E-state index contributed by atoms with van der Waals surface area (Å²) in [7, 11) is 0. The highest BCUT2D eigenvalue weighted by Gasteiger charge is 2.24. The Hall–Kier alpha value is -3.08. The Labute approximate surface area is 121 Å². The van der Waals surface area contributed by atoms with Crippen molar-refractivity contribution in [2.24, 2.45) is 10.2 Å². The first kappa shape index (κ1) is 12.9. The lowest BCUT2D eigenvalue weighted by molar-refractivity contribution is -0.119. The minimum absolute atomic E-state index is 0.335. The molecule has 1 heterocycles. The van der Waals surface area contributed by atoms with E-state index in [9.17, 15) is 9.59 Å². The SMILES string of the molecule is O=C1C=CC(=O)N1c1ccc(/N=N/c2ccccc2)cc1. The number of anilines is 1. The minimum Gasteiger partial charge on any atom is -0.269 e. The molecule has 0 unspecified atom stereocenters. The molecule has 0 saturated carbocycles. The molecule has 5 heteroatoms. The zero-order valence-electron chi connectivity index (χ0n) is 11.0. The van der Waals surface area contributed by atoms with E-state index in [1.165, 1.54) is 12.2 Å². The maximum absolute atomic E-state index is 11.6. The lowest BCUT2D eigenvalue weighted by Gasteiger charge is -2.13. The molecule has 0 aromatic heterocycles. The fourth-order valence-corrected chi connectivity index (χ4v) is 1.93. The van der Waals surface area contributed by atoms with Crippen molar-refractivity contribution in [3.8, 4) is 0 Å². The predicted octanol–water partition coefficient (Wildman–Crippen LogP) is 3.53. The van der Waals surface area contributed by atoms with Crippen LogP contribution in [0.25, 0.3) is 0 Å². The standard InChI is InChI=1S/C16H11N3O2/c20-15-10-11-16(21)19(15)14-8-6-13(7-9-14)18-17-12-4-2-1-3-5-12/h1-11H/b18-17+. The van der Waals surface area contributed by atoms with Crippen molar-refractivity contribution >= 4 is 28.9 Å². The molecule has 0 atom stereocenters. The van der Waals surface area contributed by atoms with Gasteiger partial charge >= 0.3 is 0 Å². The number of imide groups is 1. The van der Waals surface area contributed by atoms with Crippen LogP contribution in [0.3, 0.4) is 0 Å².